The fraction of sp³-hybridized carbons (Fsp3) is 0.263. The molecule has 0 saturated carbocycles. The van der Waals surface area contributed by atoms with Crippen LogP contribution in [0.1, 0.15) is 22.5 Å². The SMILES string of the molecule is O=C(N[C@@H]1CCN(Cc2ccccc2)C1)c1ccc(-n2ccnc2)nn1. The zero-order chi connectivity index (χ0) is 17.8. The summed E-state index contributed by atoms with van der Waals surface area (Å²) in [6, 6.07) is 14.0. The van der Waals surface area contributed by atoms with Gasteiger partial charge in [0.1, 0.15) is 6.33 Å². The lowest BCUT2D eigenvalue weighted by molar-refractivity contribution is 0.0931. The second-order valence-corrected chi connectivity index (χ2v) is 6.43. The number of benzene rings is 1. The van der Waals surface area contributed by atoms with E-state index in [1.807, 2.05) is 6.07 Å². The van der Waals surface area contributed by atoms with Gasteiger partial charge >= 0.3 is 0 Å². The van der Waals surface area contributed by atoms with Crippen molar-refractivity contribution in [2.24, 2.45) is 0 Å². The molecule has 132 valence electrons. The Morgan fingerprint density at radius 1 is 1.15 bits per heavy atom. The summed E-state index contributed by atoms with van der Waals surface area (Å²) in [4.78, 5) is 18.7. The molecule has 1 saturated heterocycles. The van der Waals surface area contributed by atoms with Crippen molar-refractivity contribution in [1.29, 1.82) is 0 Å². The van der Waals surface area contributed by atoms with Gasteiger partial charge in [0.25, 0.3) is 5.91 Å². The minimum atomic E-state index is -0.179. The average Bonchev–Trinajstić information content (AvgIpc) is 3.35. The Bertz CT molecular complexity index is 848. The molecule has 3 heterocycles. The van der Waals surface area contributed by atoms with E-state index in [-0.39, 0.29) is 11.9 Å². The summed E-state index contributed by atoms with van der Waals surface area (Å²) in [7, 11) is 0. The molecular formula is C19H20N6O. The normalized spacial score (nSPS) is 17.3. The van der Waals surface area contributed by atoms with Crippen LogP contribution in [0.4, 0.5) is 0 Å². The van der Waals surface area contributed by atoms with Gasteiger partial charge in [-0.25, -0.2) is 4.98 Å². The van der Waals surface area contributed by atoms with Crippen LogP contribution in [0, 0.1) is 0 Å². The summed E-state index contributed by atoms with van der Waals surface area (Å²) in [5.74, 6) is 0.454. The highest BCUT2D eigenvalue weighted by Gasteiger charge is 2.24. The molecule has 26 heavy (non-hydrogen) atoms. The van der Waals surface area contributed by atoms with Gasteiger partial charge in [-0.05, 0) is 24.1 Å². The molecule has 7 heteroatoms. The Morgan fingerprint density at radius 2 is 2.04 bits per heavy atom. The quantitative estimate of drug-likeness (QED) is 0.759. The zero-order valence-corrected chi connectivity index (χ0v) is 14.3. The third kappa shape index (κ3) is 3.78. The van der Waals surface area contributed by atoms with Crippen LogP contribution in [-0.4, -0.2) is 49.7 Å². The first-order chi connectivity index (χ1) is 12.8. The summed E-state index contributed by atoms with van der Waals surface area (Å²) in [5.41, 5.74) is 1.62. The molecule has 0 spiro atoms. The second-order valence-electron chi connectivity index (χ2n) is 6.43. The number of amides is 1. The molecular weight excluding hydrogens is 328 g/mol. The van der Waals surface area contributed by atoms with Crippen LogP contribution in [0.3, 0.4) is 0 Å². The van der Waals surface area contributed by atoms with Crippen molar-refractivity contribution in [1.82, 2.24) is 30.0 Å². The Labute approximate surface area is 151 Å². The standard InChI is InChI=1S/C19H20N6O/c26-19(17-6-7-18(23-22-17)25-11-9-20-14-25)21-16-8-10-24(13-16)12-15-4-2-1-3-5-15/h1-7,9,11,14,16H,8,10,12-13H2,(H,21,26)/t16-/m1/s1. The second kappa shape index (κ2) is 7.45. The summed E-state index contributed by atoms with van der Waals surface area (Å²) < 4.78 is 1.74. The number of imidazole rings is 1. The van der Waals surface area contributed by atoms with Gasteiger partial charge in [0.05, 0.1) is 0 Å². The van der Waals surface area contributed by atoms with Crippen LogP contribution >= 0.6 is 0 Å². The highest BCUT2D eigenvalue weighted by atomic mass is 16.2. The minimum absolute atomic E-state index is 0.140. The van der Waals surface area contributed by atoms with Crippen molar-refractivity contribution in [2.45, 2.75) is 19.0 Å². The van der Waals surface area contributed by atoms with Gasteiger partial charge in [-0.2, -0.15) is 0 Å². The average molecular weight is 348 g/mol. The maximum atomic E-state index is 12.4. The molecule has 1 fully saturated rings. The molecule has 1 N–H and O–H groups in total. The van der Waals surface area contributed by atoms with E-state index in [0.717, 1.165) is 26.1 Å². The van der Waals surface area contributed by atoms with Gasteiger partial charge in [-0.1, -0.05) is 30.3 Å². The summed E-state index contributed by atoms with van der Waals surface area (Å²) >= 11 is 0. The van der Waals surface area contributed by atoms with Crippen molar-refractivity contribution in [3.8, 4) is 5.82 Å². The van der Waals surface area contributed by atoms with E-state index in [2.05, 4.69) is 49.7 Å². The highest BCUT2D eigenvalue weighted by Crippen LogP contribution is 2.14. The number of nitrogens with one attached hydrogen (secondary N) is 1. The van der Waals surface area contributed by atoms with Crippen molar-refractivity contribution in [3.05, 3.63) is 72.4 Å². The van der Waals surface area contributed by atoms with Crippen LogP contribution in [0.15, 0.2) is 61.2 Å². The van der Waals surface area contributed by atoms with Crippen molar-refractivity contribution in [3.63, 3.8) is 0 Å². The lowest BCUT2D eigenvalue weighted by Gasteiger charge is -2.16. The first-order valence-electron chi connectivity index (χ1n) is 8.67. The Kier molecular flexibility index (Phi) is 4.70. The number of hydrogen-bond donors (Lipinski definition) is 1. The van der Waals surface area contributed by atoms with Crippen molar-refractivity contribution >= 4 is 5.91 Å². The maximum Gasteiger partial charge on any atom is 0.272 e. The molecule has 3 aromatic rings. The first-order valence-corrected chi connectivity index (χ1v) is 8.67. The zero-order valence-electron chi connectivity index (χ0n) is 14.3. The molecule has 2 aromatic heterocycles. The Morgan fingerprint density at radius 3 is 2.77 bits per heavy atom. The van der Waals surface area contributed by atoms with Crippen molar-refractivity contribution in [2.75, 3.05) is 13.1 Å². The third-order valence-corrected chi connectivity index (χ3v) is 4.51. The third-order valence-electron chi connectivity index (χ3n) is 4.51. The largest absolute Gasteiger partial charge is 0.347 e. The molecule has 1 aliphatic rings. The smallest absolute Gasteiger partial charge is 0.272 e. The topological polar surface area (TPSA) is 75.9 Å². The minimum Gasteiger partial charge on any atom is -0.347 e. The maximum absolute atomic E-state index is 12.4. The number of nitrogens with zero attached hydrogens (tertiary/aromatic N) is 5. The predicted octanol–water partition coefficient (Wildman–Crippen LogP) is 1.67. The number of likely N-dealkylation sites (tertiary alicyclic amines) is 1. The van der Waals surface area contributed by atoms with Gasteiger partial charge in [0, 0.05) is 38.1 Å². The fourth-order valence-corrected chi connectivity index (χ4v) is 3.17. The lowest BCUT2D eigenvalue weighted by Crippen LogP contribution is -2.37. The van der Waals surface area contributed by atoms with Crippen LogP contribution in [0.5, 0.6) is 0 Å². The summed E-state index contributed by atoms with van der Waals surface area (Å²) in [6.45, 7) is 2.74. The Balaban J connectivity index is 1.32. The van der Waals surface area contributed by atoms with Crippen LogP contribution in [0.2, 0.25) is 0 Å². The van der Waals surface area contributed by atoms with Crippen LogP contribution in [-0.2, 0) is 6.54 Å². The molecule has 0 radical (unpaired) electrons. The highest BCUT2D eigenvalue weighted by molar-refractivity contribution is 5.92. The van der Waals surface area contributed by atoms with E-state index in [9.17, 15) is 4.79 Å². The van der Waals surface area contributed by atoms with Gasteiger partial charge in [0.15, 0.2) is 11.5 Å². The molecule has 1 atom stereocenters. The van der Waals surface area contributed by atoms with Gasteiger partial charge < -0.3 is 5.32 Å². The van der Waals surface area contributed by atoms with Crippen molar-refractivity contribution < 1.29 is 4.79 Å². The lowest BCUT2D eigenvalue weighted by atomic mass is 10.2. The molecule has 0 aliphatic carbocycles. The predicted molar refractivity (Wildman–Crippen MR) is 96.7 cm³/mol. The van der Waals surface area contributed by atoms with E-state index in [0.29, 0.717) is 11.5 Å². The number of hydrogen-bond acceptors (Lipinski definition) is 5. The molecule has 1 amide bonds. The van der Waals surface area contributed by atoms with E-state index in [1.54, 1.807) is 35.4 Å². The van der Waals surface area contributed by atoms with Gasteiger partial charge in [0.2, 0.25) is 0 Å². The molecule has 4 rings (SSSR count). The first kappa shape index (κ1) is 16.4. The van der Waals surface area contributed by atoms with E-state index in [4.69, 9.17) is 0 Å². The van der Waals surface area contributed by atoms with E-state index < -0.39 is 0 Å². The number of carbonyl (C=O) groups excluding carboxylic acids is 1. The van der Waals surface area contributed by atoms with E-state index in [1.165, 1.54) is 5.56 Å². The molecule has 0 bridgehead atoms. The summed E-state index contributed by atoms with van der Waals surface area (Å²) in [6.07, 6.45) is 6.04. The Hall–Kier alpha value is -3.06. The summed E-state index contributed by atoms with van der Waals surface area (Å²) in [5, 5.41) is 11.2. The van der Waals surface area contributed by atoms with Crippen LogP contribution < -0.4 is 5.32 Å². The molecule has 1 aromatic carbocycles. The molecule has 0 unspecified atom stereocenters. The van der Waals surface area contributed by atoms with Gasteiger partial charge in [-0.15, -0.1) is 10.2 Å². The molecule has 1 aliphatic heterocycles. The fourth-order valence-electron chi connectivity index (χ4n) is 3.17. The number of aromatic nitrogens is 4. The molecule has 7 nitrogen and oxygen atoms in total. The number of carbonyl (C=O) groups is 1. The van der Waals surface area contributed by atoms with E-state index >= 15 is 0 Å². The monoisotopic (exact) mass is 348 g/mol. The van der Waals surface area contributed by atoms with Crippen LogP contribution in [0.25, 0.3) is 5.82 Å². The number of rotatable bonds is 5. The van der Waals surface area contributed by atoms with Gasteiger partial charge in [-0.3, -0.25) is 14.3 Å².